The summed E-state index contributed by atoms with van der Waals surface area (Å²) in [5, 5.41) is 2.04. The molecule has 84 valence electrons. The number of hydrogen-bond donors (Lipinski definition) is 0. The molecule has 0 spiro atoms. The van der Waals surface area contributed by atoms with Crippen LogP contribution < -0.4 is 0 Å². The molecule has 0 amide bonds. The van der Waals surface area contributed by atoms with Gasteiger partial charge in [-0.3, -0.25) is 0 Å². The van der Waals surface area contributed by atoms with Crippen molar-refractivity contribution in [2.75, 3.05) is 6.61 Å². The zero-order chi connectivity index (χ0) is 10.3. The summed E-state index contributed by atoms with van der Waals surface area (Å²) in [5.74, 6) is 2.95. The maximum Gasteiger partial charge on any atom is 0.0901 e. The highest BCUT2D eigenvalue weighted by molar-refractivity contribution is 8.01. The van der Waals surface area contributed by atoms with Gasteiger partial charge in [-0.05, 0) is 50.4 Å². The van der Waals surface area contributed by atoms with Gasteiger partial charge in [-0.25, -0.2) is 0 Å². The Kier molecular flexibility index (Phi) is 2.71. The lowest BCUT2D eigenvalue weighted by molar-refractivity contribution is 0.192. The first-order valence-corrected chi connectivity index (χ1v) is 7.21. The van der Waals surface area contributed by atoms with E-state index in [1.54, 1.807) is 0 Å². The average molecular weight is 224 g/mol. The molecule has 3 aliphatic rings. The van der Waals surface area contributed by atoms with E-state index in [9.17, 15) is 0 Å². The van der Waals surface area contributed by atoms with Gasteiger partial charge < -0.3 is 4.74 Å². The fourth-order valence-electron chi connectivity index (χ4n) is 3.81. The molecule has 0 aromatic rings. The van der Waals surface area contributed by atoms with E-state index >= 15 is 0 Å². The molecule has 2 saturated heterocycles. The lowest BCUT2D eigenvalue weighted by Crippen LogP contribution is -2.21. The Morgan fingerprint density at radius 1 is 1.20 bits per heavy atom. The molecule has 0 aromatic heterocycles. The van der Waals surface area contributed by atoms with Gasteiger partial charge >= 0.3 is 0 Å². The van der Waals surface area contributed by atoms with Crippen LogP contribution in [0.5, 0.6) is 0 Å². The summed E-state index contributed by atoms with van der Waals surface area (Å²) < 4.78 is 5.54. The first-order valence-electron chi connectivity index (χ1n) is 6.26. The third-order valence-corrected chi connectivity index (χ3v) is 6.24. The van der Waals surface area contributed by atoms with Crippen molar-refractivity contribution in [1.29, 1.82) is 0 Å². The molecule has 2 aliphatic heterocycles. The molecule has 4 atom stereocenters. The molecule has 3 rings (SSSR count). The Morgan fingerprint density at radius 3 is 2.47 bits per heavy atom. The summed E-state index contributed by atoms with van der Waals surface area (Å²) in [5.41, 5.74) is 0. The van der Waals surface area contributed by atoms with Crippen LogP contribution in [0.4, 0.5) is 0 Å². The Balaban J connectivity index is 1.55. The van der Waals surface area contributed by atoms with Crippen molar-refractivity contribution in [3.05, 3.63) is 12.3 Å². The van der Waals surface area contributed by atoms with Gasteiger partial charge in [0.05, 0.1) is 12.9 Å². The second-order valence-electron chi connectivity index (χ2n) is 5.26. The lowest BCUT2D eigenvalue weighted by atomic mass is 9.82. The second kappa shape index (κ2) is 4.04. The highest BCUT2D eigenvalue weighted by Crippen LogP contribution is 2.60. The molecule has 2 heterocycles. The molecule has 1 saturated carbocycles. The summed E-state index contributed by atoms with van der Waals surface area (Å²) in [4.78, 5) is 0. The highest BCUT2D eigenvalue weighted by atomic mass is 32.2. The normalized spacial score (nSPS) is 47.7. The van der Waals surface area contributed by atoms with Crippen molar-refractivity contribution in [3.8, 4) is 0 Å². The van der Waals surface area contributed by atoms with Gasteiger partial charge in [0.15, 0.2) is 0 Å². The van der Waals surface area contributed by atoms with Crippen LogP contribution in [0.15, 0.2) is 12.3 Å². The average Bonchev–Trinajstić information content (AvgIpc) is 2.89. The number of rotatable bonds is 3. The van der Waals surface area contributed by atoms with E-state index < -0.39 is 0 Å². The largest absolute Gasteiger partial charge is 0.501 e. The van der Waals surface area contributed by atoms with Crippen molar-refractivity contribution in [1.82, 2.24) is 0 Å². The molecule has 0 N–H and O–H groups in total. The molecule has 1 aliphatic carbocycles. The topological polar surface area (TPSA) is 9.23 Å². The summed E-state index contributed by atoms with van der Waals surface area (Å²) in [6.07, 6.45) is 9.71. The Labute approximate surface area is 96.6 Å². The third kappa shape index (κ3) is 1.71. The summed E-state index contributed by atoms with van der Waals surface area (Å²) >= 11 is 2.30. The van der Waals surface area contributed by atoms with Gasteiger partial charge in [0.2, 0.25) is 0 Å². The van der Waals surface area contributed by atoms with Crippen LogP contribution in [0, 0.1) is 17.8 Å². The molecule has 2 heteroatoms. The second-order valence-corrected chi connectivity index (χ2v) is 6.74. The van der Waals surface area contributed by atoms with E-state index in [1.165, 1.54) is 25.7 Å². The van der Waals surface area contributed by atoms with Crippen molar-refractivity contribution in [3.63, 3.8) is 0 Å². The minimum Gasteiger partial charge on any atom is -0.501 e. The maximum absolute atomic E-state index is 5.54. The van der Waals surface area contributed by atoms with Crippen LogP contribution >= 0.6 is 11.8 Å². The van der Waals surface area contributed by atoms with Crippen molar-refractivity contribution in [2.45, 2.75) is 43.1 Å². The minimum atomic E-state index is 0.847. The van der Waals surface area contributed by atoms with Crippen LogP contribution in [0.3, 0.4) is 0 Å². The van der Waals surface area contributed by atoms with E-state index in [0.717, 1.165) is 34.9 Å². The standard InChI is InChI=1S/C13H20OS/c1-2-5-14-8-9-6-10-11(7-9)13-4-3-12(10)15-13/h2,5,9-13H,3-4,6-8H2,1H3/b5-2+. The number of hydrogen-bond acceptors (Lipinski definition) is 2. The molecule has 4 unspecified atom stereocenters. The third-order valence-electron chi connectivity index (χ3n) is 4.37. The quantitative estimate of drug-likeness (QED) is 0.679. The monoisotopic (exact) mass is 224 g/mol. The summed E-state index contributed by atoms with van der Waals surface area (Å²) in [6.45, 7) is 2.97. The number of allylic oxidation sites excluding steroid dienone is 1. The summed E-state index contributed by atoms with van der Waals surface area (Å²) in [7, 11) is 0. The SMILES string of the molecule is C/C=C/OCC1CC2C3CCC(S3)C2C1. The van der Waals surface area contributed by atoms with Crippen LogP contribution in [-0.4, -0.2) is 17.1 Å². The molecular formula is C13H20OS. The molecule has 0 radical (unpaired) electrons. The molecular weight excluding hydrogens is 204 g/mol. The van der Waals surface area contributed by atoms with Gasteiger partial charge in [0.25, 0.3) is 0 Å². The molecule has 3 fully saturated rings. The Bertz CT molecular complexity index is 245. The number of thioether (sulfide) groups is 1. The first kappa shape index (κ1) is 10.1. The van der Waals surface area contributed by atoms with Crippen LogP contribution in [0.1, 0.15) is 32.6 Å². The summed E-state index contributed by atoms with van der Waals surface area (Å²) in [6, 6.07) is 0. The predicted molar refractivity (Wildman–Crippen MR) is 64.9 cm³/mol. The predicted octanol–water partition coefficient (Wildman–Crippen LogP) is 3.46. The first-order chi connectivity index (χ1) is 7.38. The van der Waals surface area contributed by atoms with Crippen molar-refractivity contribution >= 4 is 11.8 Å². The van der Waals surface area contributed by atoms with E-state index in [4.69, 9.17) is 4.74 Å². The van der Waals surface area contributed by atoms with Gasteiger partial charge in [-0.15, -0.1) is 0 Å². The fourth-order valence-corrected chi connectivity index (χ4v) is 5.84. The van der Waals surface area contributed by atoms with Crippen LogP contribution in [0.2, 0.25) is 0 Å². The molecule has 2 bridgehead atoms. The van der Waals surface area contributed by atoms with Gasteiger partial charge in [-0.1, -0.05) is 6.08 Å². The minimum absolute atomic E-state index is 0.847. The number of ether oxygens (including phenoxy) is 1. The van der Waals surface area contributed by atoms with E-state index in [0.29, 0.717) is 0 Å². The van der Waals surface area contributed by atoms with Gasteiger partial charge in [0.1, 0.15) is 0 Å². The van der Waals surface area contributed by atoms with E-state index in [2.05, 4.69) is 11.8 Å². The van der Waals surface area contributed by atoms with E-state index in [-0.39, 0.29) is 0 Å². The Morgan fingerprint density at radius 2 is 1.87 bits per heavy atom. The van der Waals surface area contributed by atoms with Crippen LogP contribution in [-0.2, 0) is 4.74 Å². The molecule has 15 heavy (non-hydrogen) atoms. The van der Waals surface area contributed by atoms with Crippen molar-refractivity contribution < 1.29 is 4.74 Å². The highest BCUT2D eigenvalue weighted by Gasteiger charge is 2.52. The Hall–Kier alpha value is -0.110. The van der Waals surface area contributed by atoms with Gasteiger partial charge in [-0.2, -0.15) is 11.8 Å². The molecule has 1 nitrogen and oxygen atoms in total. The van der Waals surface area contributed by atoms with Gasteiger partial charge in [0, 0.05) is 10.5 Å². The number of fused-ring (bicyclic) bond motifs is 5. The fraction of sp³-hybridized carbons (Fsp3) is 0.846. The van der Waals surface area contributed by atoms with Crippen LogP contribution in [0.25, 0.3) is 0 Å². The zero-order valence-corrected chi connectivity index (χ0v) is 10.2. The maximum atomic E-state index is 5.54. The molecule has 0 aromatic carbocycles. The van der Waals surface area contributed by atoms with E-state index in [1.807, 2.05) is 19.3 Å². The smallest absolute Gasteiger partial charge is 0.0901 e. The lowest BCUT2D eigenvalue weighted by Gasteiger charge is -2.21. The zero-order valence-electron chi connectivity index (χ0n) is 9.39. The van der Waals surface area contributed by atoms with Crippen molar-refractivity contribution in [2.24, 2.45) is 17.8 Å².